The summed E-state index contributed by atoms with van der Waals surface area (Å²) in [6.07, 6.45) is 0. The number of carbonyl (C=O) groups is 1. The van der Waals surface area contributed by atoms with Gasteiger partial charge in [-0.2, -0.15) is 4.31 Å². The average Bonchev–Trinajstić information content (AvgIpc) is 2.56. The molecule has 7 nitrogen and oxygen atoms in total. The van der Waals surface area contributed by atoms with Gasteiger partial charge in [-0.15, -0.1) is 0 Å². The number of hydrogen-bond acceptors (Lipinski definition) is 5. The normalized spacial score (nSPS) is 19.7. The van der Waals surface area contributed by atoms with Crippen LogP contribution in [0.4, 0.5) is 5.69 Å². The minimum absolute atomic E-state index is 0.252. The molecule has 1 saturated heterocycles. The summed E-state index contributed by atoms with van der Waals surface area (Å²) in [4.78, 5) is 14.3. The second kappa shape index (κ2) is 6.98. The van der Waals surface area contributed by atoms with Crippen LogP contribution in [0.5, 0.6) is 11.5 Å². The molecule has 0 radical (unpaired) electrons. The second-order valence-corrected chi connectivity index (χ2v) is 8.35. The molecule has 1 atom stereocenters. The van der Waals surface area contributed by atoms with Gasteiger partial charge in [0.15, 0.2) is 11.5 Å². The fourth-order valence-electron chi connectivity index (χ4n) is 2.72. The summed E-state index contributed by atoms with van der Waals surface area (Å²) in [6.45, 7) is 5.42. The Morgan fingerprint density at radius 2 is 1.75 bits per heavy atom. The molecule has 1 aliphatic heterocycles. The average molecular weight is 356 g/mol. The van der Waals surface area contributed by atoms with Crippen LogP contribution in [-0.2, 0) is 14.8 Å². The van der Waals surface area contributed by atoms with Gasteiger partial charge in [-0.1, -0.05) is 0 Å². The van der Waals surface area contributed by atoms with Crippen LogP contribution in [0.2, 0.25) is 0 Å². The van der Waals surface area contributed by atoms with Crippen LogP contribution < -0.4 is 14.4 Å². The summed E-state index contributed by atoms with van der Waals surface area (Å²) in [5.74, 6) is 0.841. The van der Waals surface area contributed by atoms with Crippen molar-refractivity contribution >= 4 is 21.6 Å². The maximum absolute atomic E-state index is 12.7. The molecular weight excluding hydrogens is 332 g/mol. The van der Waals surface area contributed by atoms with Gasteiger partial charge >= 0.3 is 0 Å². The molecule has 24 heavy (non-hydrogen) atoms. The van der Waals surface area contributed by atoms with E-state index >= 15 is 0 Å². The van der Waals surface area contributed by atoms with Gasteiger partial charge in [0.25, 0.3) is 0 Å². The van der Waals surface area contributed by atoms with Crippen molar-refractivity contribution in [2.75, 3.05) is 32.2 Å². The van der Waals surface area contributed by atoms with Crippen LogP contribution in [0.15, 0.2) is 18.2 Å². The van der Waals surface area contributed by atoms with Crippen molar-refractivity contribution in [3.63, 3.8) is 0 Å². The zero-order valence-corrected chi connectivity index (χ0v) is 15.5. The number of rotatable bonds is 5. The summed E-state index contributed by atoms with van der Waals surface area (Å²) in [5.41, 5.74) is 0.658. The van der Waals surface area contributed by atoms with E-state index in [0.29, 0.717) is 23.7 Å². The zero-order valence-electron chi connectivity index (χ0n) is 14.6. The Balaban J connectivity index is 2.29. The highest BCUT2D eigenvalue weighted by Gasteiger charge is 2.40. The minimum Gasteiger partial charge on any atom is -0.493 e. The highest BCUT2D eigenvalue weighted by molar-refractivity contribution is 7.89. The molecule has 0 saturated carbocycles. The maximum Gasteiger partial charge on any atom is 0.245 e. The van der Waals surface area contributed by atoms with Crippen molar-refractivity contribution in [3.8, 4) is 11.5 Å². The van der Waals surface area contributed by atoms with Gasteiger partial charge in [0, 0.05) is 24.8 Å². The third-order valence-corrected chi connectivity index (χ3v) is 6.54. The fraction of sp³-hybridized carbons (Fsp3) is 0.562. The molecular formula is C16H24N2O5S. The van der Waals surface area contributed by atoms with E-state index in [-0.39, 0.29) is 12.5 Å². The highest BCUT2D eigenvalue weighted by atomic mass is 32.2. The van der Waals surface area contributed by atoms with E-state index in [1.165, 1.54) is 11.4 Å². The molecule has 1 aromatic rings. The molecule has 0 aliphatic carbocycles. The lowest BCUT2D eigenvalue weighted by atomic mass is 10.1. The minimum atomic E-state index is -3.47. The van der Waals surface area contributed by atoms with Gasteiger partial charge in [0.05, 0.1) is 19.5 Å². The van der Waals surface area contributed by atoms with E-state index in [9.17, 15) is 13.2 Å². The van der Waals surface area contributed by atoms with Crippen LogP contribution >= 0.6 is 0 Å². The summed E-state index contributed by atoms with van der Waals surface area (Å²) < 4.78 is 36.5. The lowest BCUT2D eigenvalue weighted by Gasteiger charge is -2.39. The monoisotopic (exact) mass is 356 g/mol. The molecule has 1 heterocycles. The van der Waals surface area contributed by atoms with Crippen molar-refractivity contribution in [1.29, 1.82) is 0 Å². The maximum atomic E-state index is 12.7. The van der Waals surface area contributed by atoms with Crippen LogP contribution in [0.1, 0.15) is 20.8 Å². The molecule has 0 N–H and O–H groups in total. The Morgan fingerprint density at radius 3 is 2.29 bits per heavy atom. The van der Waals surface area contributed by atoms with E-state index in [1.54, 1.807) is 51.0 Å². The van der Waals surface area contributed by atoms with Crippen molar-refractivity contribution in [2.24, 2.45) is 0 Å². The molecule has 0 bridgehead atoms. The second-order valence-electron chi connectivity index (χ2n) is 5.91. The van der Waals surface area contributed by atoms with Gasteiger partial charge in [-0.3, -0.25) is 4.79 Å². The molecule has 0 spiro atoms. The molecule has 1 fully saturated rings. The number of hydrogen-bond donors (Lipinski definition) is 0. The highest BCUT2D eigenvalue weighted by Crippen LogP contribution is 2.33. The van der Waals surface area contributed by atoms with Crippen LogP contribution in [0.3, 0.4) is 0 Å². The first-order valence-electron chi connectivity index (χ1n) is 7.78. The number of nitrogens with zero attached hydrogens (tertiary/aromatic N) is 2. The largest absolute Gasteiger partial charge is 0.493 e. The molecule has 134 valence electrons. The van der Waals surface area contributed by atoms with Crippen molar-refractivity contribution in [1.82, 2.24) is 4.31 Å². The molecule has 2 rings (SSSR count). The van der Waals surface area contributed by atoms with Crippen LogP contribution in [-0.4, -0.2) is 57.2 Å². The van der Waals surface area contributed by atoms with Gasteiger partial charge < -0.3 is 14.4 Å². The Bertz CT molecular complexity index is 717. The van der Waals surface area contributed by atoms with Crippen LogP contribution in [0, 0.1) is 0 Å². The predicted octanol–water partition coefficient (Wildman–Crippen LogP) is 1.48. The molecule has 8 heteroatoms. The zero-order chi connectivity index (χ0) is 18.1. The lowest BCUT2D eigenvalue weighted by Crippen LogP contribution is -2.58. The predicted molar refractivity (Wildman–Crippen MR) is 92.1 cm³/mol. The fourth-order valence-corrected chi connectivity index (χ4v) is 4.13. The van der Waals surface area contributed by atoms with Gasteiger partial charge in [-0.25, -0.2) is 8.42 Å². The molecule has 1 amide bonds. The number of anilines is 1. The van der Waals surface area contributed by atoms with Crippen LogP contribution in [0.25, 0.3) is 0 Å². The topological polar surface area (TPSA) is 76.2 Å². The first kappa shape index (κ1) is 18.5. The van der Waals surface area contributed by atoms with E-state index < -0.39 is 21.3 Å². The number of piperazine rings is 1. The van der Waals surface area contributed by atoms with E-state index in [1.807, 2.05) is 0 Å². The summed E-state index contributed by atoms with van der Waals surface area (Å²) in [7, 11) is -0.401. The number of carbonyl (C=O) groups excluding carboxylic acids is 1. The molecule has 1 aliphatic rings. The van der Waals surface area contributed by atoms with Gasteiger partial charge in [0.2, 0.25) is 15.9 Å². The quantitative estimate of drug-likeness (QED) is 0.799. The number of amides is 1. The third kappa shape index (κ3) is 3.21. The summed E-state index contributed by atoms with van der Waals surface area (Å²) >= 11 is 0. The Hall–Kier alpha value is -1.80. The summed E-state index contributed by atoms with van der Waals surface area (Å²) in [5, 5.41) is -0.555. The SMILES string of the molecule is COc1ccc(N2CCN(S(=O)(=O)C(C)C)C(C)C2=O)cc1OC. The molecule has 1 unspecified atom stereocenters. The van der Waals surface area contributed by atoms with Crippen molar-refractivity contribution in [3.05, 3.63) is 18.2 Å². The van der Waals surface area contributed by atoms with E-state index in [0.717, 1.165) is 0 Å². The smallest absolute Gasteiger partial charge is 0.245 e. The van der Waals surface area contributed by atoms with Gasteiger partial charge in [0.1, 0.15) is 6.04 Å². The Morgan fingerprint density at radius 1 is 1.12 bits per heavy atom. The third-order valence-electron chi connectivity index (χ3n) is 4.20. The number of sulfonamides is 1. The molecule has 0 aromatic heterocycles. The van der Waals surface area contributed by atoms with Crippen molar-refractivity contribution < 1.29 is 22.7 Å². The molecule has 1 aromatic carbocycles. The number of ether oxygens (including phenoxy) is 2. The standard InChI is InChI=1S/C16H24N2O5S/c1-11(2)24(20,21)18-9-8-17(16(19)12(18)3)13-6-7-14(22-4)15(10-13)23-5/h6-7,10-12H,8-9H2,1-5H3. The summed E-state index contributed by atoms with van der Waals surface area (Å²) in [6, 6.07) is 4.47. The van der Waals surface area contributed by atoms with E-state index in [2.05, 4.69) is 0 Å². The van der Waals surface area contributed by atoms with Crippen molar-refractivity contribution in [2.45, 2.75) is 32.1 Å². The number of benzene rings is 1. The Labute approximate surface area is 143 Å². The van der Waals surface area contributed by atoms with Gasteiger partial charge in [-0.05, 0) is 32.9 Å². The van der Waals surface area contributed by atoms with E-state index in [4.69, 9.17) is 9.47 Å². The lowest BCUT2D eigenvalue weighted by molar-refractivity contribution is -0.123. The first-order chi connectivity index (χ1) is 11.2. The Kier molecular flexibility index (Phi) is 5.39. The first-order valence-corrected chi connectivity index (χ1v) is 9.28. The number of methoxy groups -OCH3 is 2.